The second kappa shape index (κ2) is 7.21. The maximum absolute atomic E-state index is 13.0. The summed E-state index contributed by atoms with van der Waals surface area (Å²) in [6, 6.07) is 2.30. The van der Waals surface area contributed by atoms with Crippen molar-refractivity contribution in [1.29, 1.82) is 0 Å². The fourth-order valence-electron chi connectivity index (χ4n) is 3.25. The highest BCUT2D eigenvalue weighted by atomic mass is 19.3. The van der Waals surface area contributed by atoms with Gasteiger partial charge in [0.2, 0.25) is 0 Å². The Morgan fingerprint density at radius 2 is 2.08 bits per heavy atom. The van der Waals surface area contributed by atoms with E-state index in [0.29, 0.717) is 18.2 Å². The number of aryl methyl sites for hydroxylation is 1. The van der Waals surface area contributed by atoms with Crippen LogP contribution in [0.3, 0.4) is 0 Å². The van der Waals surface area contributed by atoms with Gasteiger partial charge in [-0.3, -0.25) is 9.58 Å². The molecule has 1 saturated heterocycles. The van der Waals surface area contributed by atoms with Crippen LogP contribution >= 0.6 is 0 Å². The first-order chi connectivity index (χ1) is 11.5. The molecular weight excluding hydrogens is 314 g/mol. The average Bonchev–Trinajstić information content (AvgIpc) is 2.96. The Bertz CT molecular complexity index is 652. The van der Waals surface area contributed by atoms with Crippen LogP contribution in [0.25, 0.3) is 0 Å². The summed E-state index contributed by atoms with van der Waals surface area (Å²) in [5.74, 6) is 0.913. The van der Waals surface area contributed by atoms with E-state index in [0.717, 1.165) is 31.7 Å². The molecule has 0 atom stereocenters. The van der Waals surface area contributed by atoms with E-state index in [1.54, 1.807) is 25.8 Å². The number of rotatable bonds is 5. The molecule has 0 aromatic carbocycles. The Labute approximate surface area is 140 Å². The fourth-order valence-corrected chi connectivity index (χ4v) is 3.25. The van der Waals surface area contributed by atoms with Gasteiger partial charge in [-0.1, -0.05) is 0 Å². The third kappa shape index (κ3) is 3.69. The van der Waals surface area contributed by atoms with Crippen molar-refractivity contribution in [2.24, 2.45) is 7.05 Å². The molecule has 0 spiro atoms. The van der Waals surface area contributed by atoms with E-state index in [1.165, 1.54) is 4.68 Å². The molecule has 0 amide bonds. The number of nitrogens with zero attached hydrogens (tertiary/aromatic N) is 6. The van der Waals surface area contributed by atoms with Crippen molar-refractivity contribution in [3.05, 3.63) is 36.0 Å². The smallest absolute Gasteiger partial charge is 0.282 e. The maximum Gasteiger partial charge on any atom is 0.282 e. The summed E-state index contributed by atoms with van der Waals surface area (Å²) in [5, 5.41) is 3.88. The quantitative estimate of drug-likeness (QED) is 0.838. The van der Waals surface area contributed by atoms with Gasteiger partial charge in [0, 0.05) is 57.7 Å². The van der Waals surface area contributed by atoms with Gasteiger partial charge in [-0.05, 0) is 18.9 Å². The summed E-state index contributed by atoms with van der Waals surface area (Å²) in [6.07, 6.45) is 4.41. The molecule has 0 radical (unpaired) electrons. The summed E-state index contributed by atoms with van der Waals surface area (Å²) in [5.41, 5.74) is 0.521. The number of likely N-dealkylation sites (tertiary alicyclic amines) is 1. The second-order valence-corrected chi connectivity index (χ2v) is 6.20. The molecule has 0 unspecified atom stereocenters. The lowest BCUT2D eigenvalue weighted by molar-refractivity contribution is 0.140. The van der Waals surface area contributed by atoms with E-state index in [9.17, 15) is 8.78 Å². The molecule has 0 bridgehead atoms. The van der Waals surface area contributed by atoms with Crippen molar-refractivity contribution in [2.75, 3.05) is 25.0 Å². The number of aromatic nitrogens is 4. The van der Waals surface area contributed by atoms with Gasteiger partial charge in [0.1, 0.15) is 17.8 Å². The number of piperidine rings is 1. The van der Waals surface area contributed by atoms with E-state index in [1.807, 2.05) is 13.1 Å². The lowest BCUT2D eigenvalue weighted by atomic mass is 10.0. The zero-order valence-corrected chi connectivity index (χ0v) is 13.9. The zero-order valence-electron chi connectivity index (χ0n) is 13.9. The first-order valence-corrected chi connectivity index (χ1v) is 8.06. The highest BCUT2D eigenvalue weighted by Crippen LogP contribution is 2.25. The SMILES string of the molecule is CN(c1ccncn1)C1CCN(Cc2cn(C)nc2C(F)F)CC1. The number of anilines is 1. The van der Waals surface area contributed by atoms with E-state index >= 15 is 0 Å². The van der Waals surface area contributed by atoms with Crippen LogP contribution in [0.15, 0.2) is 24.8 Å². The Morgan fingerprint density at radius 3 is 2.71 bits per heavy atom. The number of hydrogen-bond donors (Lipinski definition) is 0. The summed E-state index contributed by atoms with van der Waals surface area (Å²) >= 11 is 0. The summed E-state index contributed by atoms with van der Waals surface area (Å²) < 4.78 is 27.5. The van der Waals surface area contributed by atoms with Crippen molar-refractivity contribution in [2.45, 2.75) is 31.9 Å². The minimum Gasteiger partial charge on any atom is -0.356 e. The van der Waals surface area contributed by atoms with Crippen LogP contribution in [0.2, 0.25) is 0 Å². The highest BCUT2D eigenvalue weighted by Gasteiger charge is 2.25. The molecule has 1 aliphatic heterocycles. The van der Waals surface area contributed by atoms with Gasteiger partial charge in [-0.15, -0.1) is 0 Å². The molecule has 0 N–H and O–H groups in total. The maximum atomic E-state index is 13.0. The van der Waals surface area contributed by atoms with Crippen LogP contribution in [0.4, 0.5) is 14.6 Å². The lowest BCUT2D eigenvalue weighted by Gasteiger charge is -2.37. The Balaban J connectivity index is 1.58. The van der Waals surface area contributed by atoms with E-state index in [4.69, 9.17) is 0 Å². The topological polar surface area (TPSA) is 50.1 Å². The Kier molecular flexibility index (Phi) is 5.03. The Morgan fingerprint density at radius 1 is 1.33 bits per heavy atom. The molecule has 6 nitrogen and oxygen atoms in total. The van der Waals surface area contributed by atoms with Crippen LogP contribution in [0.1, 0.15) is 30.5 Å². The molecule has 130 valence electrons. The third-order valence-electron chi connectivity index (χ3n) is 4.57. The minimum atomic E-state index is -2.53. The third-order valence-corrected chi connectivity index (χ3v) is 4.57. The number of hydrogen-bond acceptors (Lipinski definition) is 5. The van der Waals surface area contributed by atoms with Gasteiger partial charge < -0.3 is 4.90 Å². The van der Waals surface area contributed by atoms with Crippen LogP contribution in [-0.2, 0) is 13.6 Å². The summed E-state index contributed by atoms with van der Waals surface area (Å²) in [4.78, 5) is 12.6. The van der Waals surface area contributed by atoms with E-state index in [-0.39, 0.29) is 5.69 Å². The van der Waals surface area contributed by atoms with Crippen molar-refractivity contribution >= 4 is 5.82 Å². The van der Waals surface area contributed by atoms with E-state index in [2.05, 4.69) is 24.9 Å². The van der Waals surface area contributed by atoms with Crippen molar-refractivity contribution in [3.8, 4) is 0 Å². The molecule has 24 heavy (non-hydrogen) atoms. The monoisotopic (exact) mass is 336 g/mol. The normalized spacial score (nSPS) is 16.7. The molecule has 0 saturated carbocycles. The molecule has 2 aromatic rings. The number of alkyl halides is 2. The molecule has 1 aliphatic rings. The molecule has 0 aliphatic carbocycles. The zero-order chi connectivity index (χ0) is 17.1. The van der Waals surface area contributed by atoms with Gasteiger partial charge in [-0.25, -0.2) is 18.7 Å². The molecule has 3 heterocycles. The largest absolute Gasteiger partial charge is 0.356 e. The first kappa shape index (κ1) is 16.8. The Hall–Kier alpha value is -2.09. The average molecular weight is 336 g/mol. The molecule has 1 fully saturated rings. The van der Waals surface area contributed by atoms with Crippen molar-refractivity contribution in [3.63, 3.8) is 0 Å². The van der Waals surface area contributed by atoms with Crippen LogP contribution in [0.5, 0.6) is 0 Å². The summed E-state index contributed by atoms with van der Waals surface area (Å²) in [7, 11) is 3.72. The van der Waals surface area contributed by atoms with Crippen molar-refractivity contribution in [1.82, 2.24) is 24.6 Å². The lowest BCUT2D eigenvalue weighted by Crippen LogP contribution is -2.43. The van der Waals surface area contributed by atoms with Gasteiger partial charge >= 0.3 is 0 Å². The molecule has 8 heteroatoms. The molecule has 2 aromatic heterocycles. The fraction of sp³-hybridized carbons (Fsp3) is 0.562. The predicted octanol–water partition coefficient (Wildman–Crippen LogP) is 2.25. The second-order valence-electron chi connectivity index (χ2n) is 6.20. The number of halogens is 2. The van der Waals surface area contributed by atoms with Gasteiger partial charge in [0.05, 0.1) is 0 Å². The van der Waals surface area contributed by atoms with Crippen LogP contribution < -0.4 is 4.90 Å². The van der Waals surface area contributed by atoms with Crippen molar-refractivity contribution < 1.29 is 8.78 Å². The first-order valence-electron chi connectivity index (χ1n) is 8.06. The predicted molar refractivity (Wildman–Crippen MR) is 86.9 cm³/mol. The highest BCUT2D eigenvalue weighted by molar-refractivity contribution is 5.36. The molecule has 3 rings (SSSR count). The molecular formula is C16H22F2N6. The van der Waals surface area contributed by atoms with Gasteiger partial charge in [0.25, 0.3) is 6.43 Å². The van der Waals surface area contributed by atoms with Gasteiger partial charge in [0.15, 0.2) is 0 Å². The van der Waals surface area contributed by atoms with E-state index < -0.39 is 6.43 Å². The van der Waals surface area contributed by atoms with Crippen LogP contribution in [0, 0.1) is 0 Å². The summed E-state index contributed by atoms with van der Waals surface area (Å²) in [6.45, 7) is 2.27. The standard InChI is InChI=1S/C16H22F2N6/c1-22-9-12(15(21-22)16(17)18)10-24-7-4-13(5-8-24)23(2)14-3-6-19-11-20-14/h3,6,9,11,13,16H,4-5,7-8,10H2,1-2H3. The minimum absolute atomic E-state index is 0.0993. The van der Waals surface area contributed by atoms with Gasteiger partial charge in [-0.2, -0.15) is 5.10 Å². The van der Waals surface area contributed by atoms with Crippen LogP contribution in [-0.4, -0.2) is 50.8 Å².